The molecule has 124 valence electrons. The zero-order valence-electron chi connectivity index (χ0n) is 13.4. The van der Waals surface area contributed by atoms with E-state index in [1.165, 1.54) is 0 Å². The molecule has 0 aromatic heterocycles. The summed E-state index contributed by atoms with van der Waals surface area (Å²) in [7, 11) is 1.59. The average Bonchev–Trinajstić information content (AvgIpc) is 2.64. The van der Waals surface area contributed by atoms with Gasteiger partial charge in [0.15, 0.2) is 6.10 Å². The topological polar surface area (TPSA) is 59.0 Å². The first-order valence-corrected chi connectivity index (χ1v) is 7.64. The van der Waals surface area contributed by atoms with E-state index in [2.05, 4.69) is 6.58 Å². The van der Waals surface area contributed by atoms with E-state index >= 15 is 0 Å². The van der Waals surface area contributed by atoms with Crippen LogP contribution in [-0.4, -0.2) is 30.8 Å². The Morgan fingerprint density at radius 1 is 1.21 bits per heavy atom. The van der Waals surface area contributed by atoms with Crippen LogP contribution in [0.2, 0.25) is 0 Å². The number of carbonyl (C=O) groups is 1. The molecule has 1 heterocycles. The van der Waals surface area contributed by atoms with Crippen LogP contribution in [-0.2, 0) is 4.79 Å². The van der Waals surface area contributed by atoms with Gasteiger partial charge in [-0.05, 0) is 42.0 Å². The van der Waals surface area contributed by atoms with Crippen molar-refractivity contribution in [2.45, 2.75) is 12.1 Å². The van der Waals surface area contributed by atoms with Crippen molar-refractivity contribution in [2.75, 3.05) is 18.6 Å². The third kappa shape index (κ3) is 2.86. The van der Waals surface area contributed by atoms with Crippen molar-refractivity contribution < 1.29 is 19.4 Å². The Bertz CT molecular complexity index is 741. The Morgan fingerprint density at radius 3 is 2.62 bits per heavy atom. The van der Waals surface area contributed by atoms with Gasteiger partial charge in [-0.1, -0.05) is 24.8 Å². The molecule has 0 radical (unpaired) electrons. The monoisotopic (exact) mass is 325 g/mol. The second-order valence-corrected chi connectivity index (χ2v) is 5.47. The maximum Gasteiger partial charge on any atom is 0.259 e. The lowest BCUT2D eigenvalue weighted by Gasteiger charge is -2.44. The summed E-state index contributed by atoms with van der Waals surface area (Å²) in [5.41, 5.74) is 1.54. The minimum atomic E-state index is -1.05. The van der Waals surface area contributed by atoms with Crippen LogP contribution in [0.5, 0.6) is 11.5 Å². The van der Waals surface area contributed by atoms with Gasteiger partial charge in [0.05, 0.1) is 13.2 Å². The van der Waals surface area contributed by atoms with Crippen molar-refractivity contribution >= 4 is 11.6 Å². The van der Waals surface area contributed by atoms with E-state index in [0.717, 1.165) is 5.56 Å². The molecule has 0 unspecified atom stereocenters. The second kappa shape index (κ2) is 6.76. The van der Waals surface area contributed by atoms with E-state index < -0.39 is 12.1 Å². The number of benzene rings is 2. The van der Waals surface area contributed by atoms with Gasteiger partial charge in [-0.25, -0.2) is 0 Å². The molecule has 1 aliphatic heterocycles. The smallest absolute Gasteiger partial charge is 0.259 e. The zero-order valence-corrected chi connectivity index (χ0v) is 13.4. The van der Waals surface area contributed by atoms with E-state index in [1.54, 1.807) is 42.4 Å². The predicted octanol–water partition coefficient (Wildman–Crippen LogP) is 2.71. The third-order valence-corrected chi connectivity index (χ3v) is 3.99. The van der Waals surface area contributed by atoms with Gasteiger partial charge in [-0.2, -0.15) is 0 Å². The number of nitrogens with zero attached hydrogens (tertiary/aromatic N) is 1. The van der Waals surface area contributed by atoms with Crippen molar-refractivity contribution in [2.24, 2.45) is 0 Å². The first-order valence-electron chi connectivity index (χ1n) is 7.64. The molecule has 0 bridgehead atoms. The number of aliphatic hydroxyl groups is 1. The molecule has 24 heavy (non-hydrogen) atoms. The minimum Gasteiger partial charge on any atom is -0.497 e. The van der Waals surface area contributed by atoms with Crippen LogP contribution in [0.3, 0.4) is 0 Å². The van der Waals surface area contributed by atoms with Gasteiger partial charge < -0.3 is 14.6 Å². The fourth-order valence-corrected chi connectivity index (χ4v) is 2.78. The molecule has 2 aromatic carbocycles. The van der Waals surface area contributed by atoms with Gasteiger partial charge in [-0.3, -0.25) is 9.69 Å². The quantitative estimate of drug-likeness (QED) is 0.655. The standard InChI is InChI=1S/C19H19NO4/c1-3-11-24-16-6-4-5-13(12-16)17-18(21)19(22)20(17)14-7-9-15(23-2)10-8-14/h3-10,12,17-18,21H,1,11H2,2H3/t17-,18+/m1/s1. The lowest BCUT2D eigenvalue weighted by Crippen LogP contribution is -2.59. The summed E-state index contributed by atoms with van der Waals surface area (Å²) in [5.74, 6) is 1.07. The van der Waals surface area contributed by atoms with Crippen molar-refractivity contribution in [1.82, 2.24) is 0 Å². The van der Waals surface area contributed by atoms with Gasteiger partial charge in [0.1, 0.15) is 18.1 Å². The van der Waals surface area contributed by atoms with Crippen LogP contribution in [0.25, 0.3) is 0 Å². The predicted molar refractivity (Wildman–Crippen MR) is 91.4 cm³/mol. The first kappa shape index (κ1) is 16.1. The molecule has 0 saturated carbocycles. The summed E-state index contributed by atoms with van der Waals surface area (Å²) in [6, 6.07) is 14.1. The summed E-state index contributed by atoms with van der Waals surface area (Å²) in [6.07, 6.45) is 0.611. The molecule has 0 aliphatic carbocycles. The summed E-state index contributed by atoms with van der Waals surface area (Å²) in [4.78, 5) is 13.7. The van der Waals surface area contributed by atoms with Gasteiger partial charge in [-0.15, -0.1) is 0 Å². The van der Waals surface area contributed by atoms with Crippen LogP contribution in [0.1, 0.15) is 11.6 Å². The lowest BCUT2D eigenvalue weighted by molar-refractivity contribution is -0.137. The molecule has 1 saturated heterocycles. The molecule has 5 nitrogen and oxygen atoms in total. The number of rotatable bonds is 6. The summed E-state index contributed by atoms with van der Waals surface area (Å²) in [5, 5.41) is 10.2. The number of ether oxygens (including phenoxy) is 2. The Morgan fingerprint density at radius 2 is 1.96 bits per heavy atom. The van der Waals surface area contributed by atoms with Crippen LogP contribution < -0.4 is 14.4 Å². The highest BCUT2D eigenvalue weighted by molar-refractivity contribution is 6.05. The molecule has 5 heteroatoms. The van der Waals surface area contributed by atoms with Crippen LogP contribution in [0, 0.1) is 0 Å². The van der Waals surface area contributed by atoms with Crippen LogP contribution >= 0.6 is 0 Å². The van der Waals surface area contributed by atoms with E-state index in [0.29, 0.717) is 23.8 Å². The molecule has 2 atom stereocenters. The Labute approximate surface area is 140 Å². The van der Waals surface area contributed by atoms with E-state index in [1.807, 2.05) is 24.3 Å². The molecule has 2 aromatic rings. The van der Waals surface area contributed by atoms with Crippen LogP contribution in [0.4, 0.5) is 5.69 Å². The number of β-lactam (4-membered cyclic amide) rings is 1. The molecule has 3 rings (SSSR count). The highest BCUT2D eigenvalue weighted by Gasteiger charge is 2.48. The molecule has 1 N–H and O–H groups in total. The van der Waals surface area contributed by atoms with Gasteiger partial charge in [0.25, 0.3) is 5.91 Å². The molecule has 0 spiro atoms. The Balaban J connectivity index is 1.87. The van der Waals surface area contributed by atoms with Crippen molar-refractivity contribution in [3.8, 4) is 11.5 Å². The first-order chi connectivity index (χ1) is 11.7. The number of methoxy groups -OCH3 is 1. The maximum atomic E-state index is 12.2. The fraction of sp³-hybridized carbons (Fsp3) is 0.211. The number of aliphatic hydroxyl groups excluding tert-OH is 1. The summed E-state index contributed by atoms with van der Waals surface area (Å²) in [6.45, 7) is 4.02. The van der Waals surface area contributed by atoms with Crippen LogP contribution in [0.15, 0.2) is 61.2 Å². The third-order valence-electron chi connectivity index (χ3n) is 3.99. The molecule has 1 aliphatic rings. The number of hydrogen-bond donors (Lipinski definition) is 1. The van der Waals surface area contributed by atoms with E-state index in [-0.39, 0.29) is 5.91 Å². The molecule has 1 amide bonds. The molecular weight excluding hydrogens is 306 g/mol. The van der Waals surface area contributed by atoms with Crippen molar-refractivity contribution in [3.05, 3.63) is 66.7 Å². The average molecular weight is 325 g/mol. The Kier molecular flexibility index (Phi) is 4.53. The van der Waals surface area contributed by atoms with E-state index in [4.69, 9.17) is 9.47 Å². The minimum absolute atomic E-state index is 0.317. The number of carbonyl (C=O) groups excluding carboxylic acids is 1. The molecule has 1 fully saturated rings. The number of anilines is 1. The summed E-state index contributed by atoms with van der Waals surface area (Å²) >= 11 is 0. The summed E-state index contributed by atoms with van der Waals surface area (Å²) < 4.78 is 10.7. The van der Waals surface area contributed by atoms with E-state index in [9.17, 15) is 9.90 Å². The fourth-order valence-electron chi connectivity index (χ4n) is 2.78. The highest BCUT2D eigenvalue weighted by atomic mass is 16.5. The second-order valence-electron chi connectivity index (χ2n) is 5.47. The van der Waals surface area contributed by atoms with Crippen molar-refractivity contribution in [3.63, 3.8) is 0 Å². The number of hydrogen-bond acceptors (Lipinski definition) is 4. The SMILES string of the molecule is C=CCOc1cccc([C@@H]2[C@H](O)C(=O)N2c2ccc(OC)cc2)c1. The van der Waals surface area contributed by atoms with Gasteiger partial charge in [0, 0.05) is 5.69 Å². The lowest BCUT2D eigenvalue weighted by atomic mass is 9.90. The highest BCUT2D eigenvalue weighted by Crippen LogP contribution is 2.40. The van der Waals surface area contributed by atoms with Gasteiger partial charge >= 0.3 is 0 Å². The molecular formula is C19H19NO4. The van der Waals surface area contributed by atoms with Crippen molar-refractivity contribution in [1.29, 1.82) is 0 Å². The zero-order chi connectivity index (χ0) is 17.1. The number of amides is 1. The van der Waals surface area contributed by atoms with Gasteiger partial charge in [0.2, 0.25) is 0 Å². The Hall–Kier alpha value is -2.79. The largest absolute Gasteiger partial charge is 0.497 e. The maximum absolute atomic E-state index is 12.2. The normalized spacial score (nSPS) is 19.6.